The summed E-state index contributed by atoms with van der Waals surface area (Å²) >= 11 is 1.68. The van der Waals surface area contributed by atoms with Gasteiger partial charge in [0.05, 0.1) is 6.42 Å². The number of amides is 1. The molecule has 0 fully saturated rings. The molecule has 1 aromatic heterocycles. The molecule has 0 saturated carbocycles. The van der Waals surface area contributed by atoms with Gasteiger partial charge >= 0.3 is 0 Å². The number of nitrogens with two attached hydrogens (primary N) is 1. The van der Waals surface area contributed by atoms with Crippen molar-refractivity contribution < 1.29 is 4.79 Å². The van der Waals surface area contributed by atoms with E-state index in [1.807, 2.05) is 31.2 Å². The summed E-state index contributed by atoms with van der Waals surface area (Å²) in [6, 6.07) is 9.67. The van der Waals surface area contributed by atoms with Crippen molar-refractivity contribution in [2.45, 2.75) is 25.8 Å². The van der Waals surface area contributed by atoms with Gasteiger partial charge in [-0.2, -0.15) is 11.3 Å². The van der Waals surface area contributed by atoms with Crippen LogP contribution in [0.4, 0.5) is 5.69 Å². The Hall–Kier alpha value is -1.81. The zero-order chi connectivity index (χ0) is 13.7. The van der Waals surface area contributed by atoms with E-state index in [0.717, 1.165) is 12.0 Å². The van der Waals surface area contributed by atoms with Crippen molar-refractivity contribution in [1.29, 1.82) is 0 Å². The fourth-order valence-corrected chi connectivity index (χ4v) is 2.71. The van der Waals surface area contributed by atoms with E-state index in [1.165, 1.54) is 5.56 Å². The van der Waals surface area contributed by atoms with Gasteiger partial charge in [-0.1, -0.05) is 12.1 Å². The molecule has 1 aromatic carbocycles. The minimum atomic E-state index is 0.0355. The van der Waals surface area contributed by atoms with Gasteiger partial charge in [-0.25, -0.2) is 0 Å². The molecule has 3 N–H and O–H groups in total. The van der Waals surface area contributed by atoms with Crippen LogP contribution in [0.1, 0.15) is 18.1 Å². The number of nitrogens with one attached hydrogen (secondary N) is 1. The molecule has 100 valence electrons. The van der Waals surface area contributed by atoms with E-state index in [4.69, 9.17) is 5.73 Å². The highest BCUT2D eigenvalue weighted by atomic mass is 32.1. The number of anilines is 1. The van der Waals surface area contributed by atoms with Gasteiger partial charge in [-0.15, -0.1) is 0 Å². The minimum absolute atomic E-state index is 0.0355. The van der Waals surface area contributed by atoms with Crippen LogP contribution in [0.5, 0.6) is 0 Å². The number of rotatable bonds is 5. The molecule has 0 spiro atoms. The molecule has 4 heteroatoms. The number of thiophene rings is 1. The molecule has 2 aromatic rings. The molecule has 1 heterocycles. The molecule has 1 unspecified atom stereocenters. The van der Waals surface area contributed by atoms with E-state index in [-0.39, 0.29) is 11.9 Å². The Kier molecular flexibility index (Phi) is 4.58. The standard InChI is InChI=1S/C15H18N2OS/c1-11(7-13-5-6-19-10-13)17-15(18)9-12-3-2-4-14(16)8-12/h2-6,8,10-11H,7,9,16H2,1H3,(H,17,18). The third-order valence-electron chi connectivity index (χ3n) is 2.85. The minimum Gasteiger partial charge on any atom is -0.399 e. The summed E-state index contributed by atoms with van der Waals surface area (Å²) in [6.45, 7) is 2.02. The van der Waals surface area contributed by atoms with Gasteiger partial charge in [0.15, 0.2) is 0 Å². The van der Waals surface area contributed by atoms with Gasteiger partial charge in [0.2, 0.25) is 5.91 Å². The van der Waals surface area contributed by atoms with E-state index in [2.05, 4.69) is 22.1 Å². The zero-order valence-corrected chi connectivity index (χ0v) is 11.7. The summed E-state index contributed by atoms with van der Waals surface area (Å²) < 4.78 is 0. The molecule has 0 saturated heterocycles. The summed E-state index contributed by atoms with van der Waals surface area (Å²) in [5.74, 6) is 0.0355. The van der Waals surface area contributed by atoms with Crippen LogP contribution in [0.15, 0.2) is 41.1 Å². The van der Waals surface area contributed by atoms with Crippen molar-refractivity contribution in [2.75, 3.05) is 5.73 Å². The summed E-state index contributed by atoms with van der Waals surface area (Å²) in [6.07, 6.45) is 1.24. The van der Waals surface area contributed by atoms with Gasteiger partial charge in [0.1, 0.15) is 0 Å². The number of carbonyl (C=O) groups is 1. The van der Waals surface area contributed by atoms with Crippen LogP contribution in [0.2, 0.25) is 0 Å². The second-order valence-electron chi connectivity index (χ2n) is 4.73. The highest BCUT2D eigenvalue weighted by Crippen LogP contribution is 2.10. The molecule has 0 aliphatic rings. The maximum absolute atomic E-state index is 11.9. The molecule has 3 nitrogen and oxygen atoms in total. The van der Waals surface area contributed by atoms with Crippen LogP contribution >= 0.6 is 11.3 Å². The van der Waals surface area contributed by atoms with Crippen LogP contribution < -0.4 is 11.1 Å². The number of nitrogen functional groups attached to an aromatic ring is 1. The summed E-state index contributed by atoms with van der Waals surface area (Å²) in [4.78, 5) is 11.9. The van der Waals surface area contributed by atoms with Crippen molar-refractivity contribution in [3.63, 3.8) is 0 Å². The maximum Gasteiger partial charge on any atom is 0.224 e. The summed E-state index contributed by atoms with van der Waals surface area (Å²) in [5.41, 5.74) is 8.60. The Morgan fingerprint density at radius 2 is 2.21 bits per heavy atom. The molecule has 0 radical (unpaired) electrons. The van der Waals surface area contributed by atoms with Crippen LogP contribution in [-0.2, 0) is 17.6 Å². The van der Waals surface area contributed by atoms with Crippen molar-refractivity contribution in [2.24, 2.45) is 0 Å². The van der Waals surface area contributed by atoms with Crippen LogP contribution in [0.25, 0.3) is 0 Å². The van der Waals surface area contributed by atoms with Gasteiger partial charge in [0, 0.05) is 11.7 Å². The van der Waals surface area contributed by atoms with Crippen molar-refractivity contribution in [3.05, 3.63) is 52.2 Å². The van der Waals surface area contributed by atoms with Crippen molar-refractivity contribution >= 4 is 22.9 Å². The lowest BCUT2D eigenvalue weighted by atomic mass is 10.1. The third kappa shape index (κ3) is 4.41. The van der Waals surface area contributed by atoms with Crippen LogP contribution in [0.3, 0.4) is 0 Å². The Balaban J connectivity index is 1.84. The molecule has 2 rings (SSSR count). The molecule has 0 bridgehead atoms. The highest BCUT2D eigenvalue weighted by molar-refractivity contribution is 7.07. The number of carbonyl (C=O) groups excluding carboxylic acids is 1. The lowest BCUT2D eigenvalue weighted by Crippen LogP contribution is -2.35. The monoisotopic (exact) mass is 274 g/mol. The second-order valence-corrected chi connectivity index (χ2v) is 5.51. The number of hydrogen-bond acceptors (Lipinski definition) is 3. The Morgan fingerprint density at radius 3 is 2.89 bits per heavy atom. The lowest BCUT2D eigenvalue weighted by molar-refractivity contribution is -0.121. The van der Waals surface area contributed by atoms with Gasteiger partial charge in [0.25, 0.3) is 0 Å². The molecule has 0 aliphatic carbocycles. The van der Waals surface area contributed by atoms with E-state index < -0.39 is 0 Å². The van der Waals surface area contributed by atoms with E-state index in [1.54, 1.807) is 11.3 Å². The first-order valence-corrected chi connectivity index (χ1v) is 7.22. The van der Waals surface area contributed by atoms with Crippen LogP contribution in [-0.4, -0.2) is 11.9 Å². The Bertz CT molecular complexity index is 537. The number of hydrogen-bond donors (Lipinski definition) is 2. The predicted molar refractivity (Wildman–Crippen MR) is 80.2 cm³/mol. The van der Waals surface area contributed by atoms with Gasteiger partial charge in [-0.3, -0.25) is 4.79 Å². The van der Waals surface area contributed by atoms with Crippen molar-refractivity contribution in [1.82, 2.24) is 5.32 Å². The SMILES string of the molecule is CC(Cc1ccsc1)NC(=O)Cc1cccc(N)c1. The fraction of sp³-hybridized carbons (Fsp3) is 0.267. The molecular weight excluding hydrogens is 256 g/mol. The van der Waals surface area contributed by atoms with Gasteiger partial charge in [-0.05, 0) is 53.4 Å². The summed E-state index contributed by atoms with van der Waals surface area (Å²) in [5, 5.41) is 7.17. The predicted octanol–water partition coefficient (Wildman–Crippen LogP) is 2.62. The molecule has 1 amide bonds. The molecule has 1 atom stereocenters. The number of benzene rings is 1. The Labute approximate surface area is 117 Å². The molecule has 0 aliphatic heterocycles. The van der Waals surface area contributed by atoms with E-state index in [9.17, 15) is 4.79 Å². The fourth-order valence-electron chi connectivity index (χ4n) is 2.03. The van der Waals surface area contributed by atoms with Gasteiger partial charge < -0.3 is 11.1 Å². The zero-order valence-electron chi connectivity index (χ0n) is 10.9. The normalized spacial score (nSPS) is 12.1. The average molecular weight is 274 g/mol. The van der Waals surface area contributed by atoms with Crippen molar-refractivity contribution in [3.8, 4) is 0 Å². The largest absolute Gasteiger partial charge is 0.399 e. The quantitative estimate of drug-likeness (QED) is 0.823. The van der Waals surface area contributed by atoms with E-state index in [0.29, 0.717) is 12.1 Å². The Morgan fingerprint density at radius 1 is 1.37 bits per heavy atom. The summed E-state index contributed by atoms with van der Waals surface area (Å²) in [7, 11) is 0. The molecular formula is C15H18N2OS. The third-order valence-corrected chi connectivity index (χ3v) is 3.58. The first kappa shape index (κ1) is 13.6. The lowest BCUT2D eigenvalue weighted by Gasteiger charge is -2.13. The molecule has 19 heavy (non-hydrogen) atoms. The first-order valence-electron chi connectivity index (χ1n) is 6.28. The highest BCUT2D eigenvalue weighted by Gasteiger charge is 2.09. The topological polar surface area (TPSA) is 55.1 Å². The second kappa shape index (κ2) is 6.38. The maximum atomic E-state index is 11.9. The smallest absolute Gasteiger partial charge is 0.224 e. The van der Waals surface area contributed by atoms with Crippen LogP contribution in [0, 0.1) is 0 Å². The first-order chi connectivity index (χ1) is 9.13. The average Bonchev–Trinajstić information content (AvgIpc) is 2.81. The van der Waals surface area contributed by atoms with E-state index >= 15 is 0 Å².